The lowest BCUT2D eigenvalue weighted by Gasteiger charge is -2.03. The Morgan fingerprint density at radius 3 is 2.83 bits per heavy atom. The number of carbonyl (C=O) groups excluding carboxylic acids is 1. The van der Waals surface area contributed by atoms with Crippen LogP contribution < -0.4 is 11.2 Å². The van der Waals surface area contributed by atoms with Gasteiger partial charge in [-0.25, -0.2) is 5.90 Å². The molecule has 0 aromatic rings. The lowest BCUT2D eigenvalue weighted by molar-refractivity contribution is -0.122. The van der Waals surface area contributed by atoms with E-state index in [4.69, 9.17) is 10.6 Å². The van der Waals surface area contributed by atoms with Crippen LogP contribution in [0.2, 0.25) is 0 Å². The van der Waals surface area contributed by atoms with Crippen molar-refractivity contribution in [2.24, 2.45) is 5.90 Å². The minimum absolute atomic E-state index is 0.00567. The van der Waals surface area contributed by atoms with Gasteiger partial charge >= 0.3 is 0 Å². The highest BCUT2D eigenvalue weighted by atomic mass is 16.6. The molecule has 5 nitrogen and oxygen atoms in total. The van der Waals surface area contributed by atoms with E-state index in [2.05, 4.69) is 10.2 Å². The van der Waals surface area contributed by atoms with Crippen LogP contribution in [0.1, 0.15) is 12.8 Å². The Hall–Kier alpha value is -0.650. The van der Waals surface area contributed by atoms with Crippen molar-refractivity contribution < 1.29 is 14.4 Å². The van der Waals surface area contributed by atoms with Crippen molar-refractivity contribution in [1.29, 1.82) is 0 Å². The van der Waals surface area contributed by atoms with Crippen LogP contribution in [-0.2, 0) is 14.4 Å². The van der Waals surface area contributed by atoms with Crippen LogP contribution >= 0.6 is 0 Å². The van der Waals surface area contributed by atoms with Gasteiger partial charge in [-0.15, -0.1) is 0 Å². The van der Waals surface area contributed by atoms with Crippen molar-refractivity contribution in [3.05, 3.63) is 0 Å². The molecule has 0 atom stereocenters. The smallest absolute Gasteiger partial charge is 0.222 e. The lowest BCUT2D eigenvalue weighted by Crippen LogP contribution is -2.26. The molecule has 0 aliphatic heterocycles. The summed E-state index contributed by atoms with van der Waals surface area (Å²) in [6.45, 7) is 1.52. The maximum absolute atomic E-state index is 10.9. The molecule has 0 aliphatic rings. The highest BCUT2D eigenvalue weighted by molar-refractivity contribution is 5.75. The molecule has 0 aromatic heterocycles. The van der Waals surface area contributed by atoms with E-state index in [-0.39, 0.29) is 5.91 Å². The molecule has 0 heterocycles. The Balaban J connectivity index is 3.08. The normalized spacial score (nSPS) is 9.83. The van der Waals surface area contributed by atoms with Gasteiger partial charge < -0.3 is 14.9 Å². The molecule has 0 spiro atoms. The second-order valence-electron chi connectivity index (χ2n) is 2.32. The molecule has 1 amide bonds. The molecule has 0 aliphatic carbocycles. The molecule has 5 heteroatoms. The maximum Gasteiger partial charge on any atom is 0.222 e. The second-order valence-corrected chi connectivity index (χ2v) is 2.32. The predicted octanol–water partition coefficient (Wildman–Crippen LogP) is -0.580. The third kappa shape index (κ3) is 7.46. The number of rotatable bonds is 7. The van der Waals surface area contributed by atoms with E-state index in [9.17, 15) is 4.79 Å². The highest BCUT2D eigenvalue weighted by Gasteiger charge is 1.98. The van der Waals surface area contributed by atoms with Crippen molar-refractivity contribution in [2.45, 2.75) is 12.8 Å². The summed E-state index contributed by atoms with van der Waals surface area (Å²) in [5, 5.41) is 2.70. The minimum Gasteiger partial charge on any atom is -0.384 e. The number of methoxy groups -OCH3 is 1. The van der Waals surface area contributed by atoms with Gasteiger partial charge in [-0.2, -0.15) is 0 Å². The average Bonchev–Trinajstić information content (AvgIpc) is 2.09. The number of nitrogens with two attached hydrogens (primary N) is 1. The van der Waals surface area contributed by atoms with Crippen LogP contribution in [-0.4, -0.2) is 32.8 Å². The highest BCUT2D eigenvalue weighted by Crippen LogP contribution is 1.81. The third-order valence-electron chi connectivity index (χ3n) is 1.29. The van der Waals surface area contributed by atoms with E-state index in [1.807, 2.05) is 0 Å². The zero-order valence-electron chi connectivity index (χ0n) is 7.34. The Morgan fingerprint density at radius 2 is 2.25 bits per heavy atom. The average molecular weight is 176 g/mol. The van der Waals surface area contributed by atoms with E-state index >= 15 is 0 Å². The van der Waals surface area contributed by atoms with Crippen molar-refractivity contribution in [3.63, 3.8) is 0 Å². The fraction of sp³-hybridized carbons (Fsp3) is 0.857. The summed E-state index contributed by atoms with van der Waals surface area (Å²) in [6.07, 6.45) is 1.13. The second kappa shape index (κ2) is 8.45. The SMILES string of the molecule is COCCC(=O)NCCCON. The molecule has 0 saturated carbocycles. The van der Waals surface area contributed by atoms with Gasteiger partial charge in [-0.1, -0.05) is 0 Å². The molecule has 12 heavy (non-hydrogen) atoms. The lowest BCUT2D eigenvalue weighted by atomic mass is 10.4. The molecular formula is C7H16N2O3. The fourth-order valence-electron chi connectivity index (χ4n) is 0.666. The topological polar surface area (TPSA) is 73.6 Å². The first kappa shape index (κ1) is 11.4. The number of ether oxygens (including phenoxy) is 1. The van der Waals surface area contributed by atoms with Crippen LogP contribution in [0.25, 0.3) is 0 Å². The quantitative estimate of drug-likeness (QED) is 0.402. The Kier molecular flexibility index (Phi) is 7.99. The molecule has 3 N–H and O–H groups in total. The first-order valence-corrected chi connectivity index (χ1v) is 3.88. The van der Waals surface area contributed by atoms with Gasteiger partial charge in [0.15, 0.2) is 0 Å². The Labute approximate surface area is 72.2 Å². The van der Waals surface area contributed by atoms with Crippen molar-refractivity contribution in [1.82, 2.24) is 5.32 Å². The van der Waals surface area contributed by atoms with Crippen LogP contribution in [0, 0.1) is 0 Å². The summed E-state index contributed by atoms with van der Waals surface area (Å²) in [5.41, 5.74) is 0. The standard InChI is InChI=1S/C7H16N2O3/c1-11-6-3-7(10)9-4-2-5-12-8/h2-6,8H2,1H3,(H,9,10). The van der Waals surface area contributed by atoms with Gasteiger partial charge in [0, 0.05) is 20.1 Å². The summed E-state index contributed by atoms with van der Waals surface area (Å²) >= 11 is 0. The molecular weight excluding hydrogens is 160 g/mol. The number of hydrogen-bond donors (Lipinski definition) is 2. The van der Waals surface area contributed by atoms with E-state index < -0.39 is 0 Å². The van der Waals surface area contributed by atoms with Crippen molar-refractivity contribution in [3.8, 4) is 0 Å². The van der Waals surface area contributed by atoms with Crippen LogP contribution in [0.5, 0.6) is 0 Å². The zero-order chi connectivity index (χ0) is 9.23. The number of nitrogens with one attached hydrogen (secondary N) is 1. The fourth-order valence-corrected chi connectivity index (χ4v) is 0.666. The Bertz CT molecular complexity index is 119. The van der Waals surface area contributed by atoms with Crippen LogP contribution in [0.15, 0.2) is 0 Å². The third-order valence-corrected chi connectivity index (χ3v) is 1.29. The molecule has 0 bridgehead atoms. The van der Waals surface area contributed by atoms with Gasteiger partial charge in [-0.3, -0.25) is 4.79 Å². The zero-order valence-corrected chi connectivity index (χ0v) is 7.34. The van der Waals surface area contributed by atoms with Crippen LogP contribution in [0.4, 0.5) is 0 Å². The van der Waals surface area contributed by atoms with E-state index in [0.717, 1.165) is 6.42 Å². The number of amides is 1. The molecule has 0 unspecified atom stereocenters. The molecule has 0 saturated heterocycles. The van der Waals surface area contributed by atoms with E-state index in [0.29, 0.717) is 26.2 Å². The number of hydrogen-bond acceptors (Lipinski definition) is 4. The summed E-state index contributed by atoms with van der Waals surface area (Å²) < 4.78 is 4.73. The van der Waals surface area contributed by atoms with Gasteiger partial charge in [0.05, 0.1) is 13.2 Å². The molecule has 0 radical (unpaired) electrons. The largest absolute Gasteiger partial charge is 0.384 e. The number of carbonyl (C=O) groups is 1. The maximum atomic E-state index is 10.9. The summed E-state index contributed by atoms with van der Waals surface area (Å²) in [6, 6.07) is 0. The minimum atomic E-state index is -0.00567. The van der Waals surface area contributed by atoms with Crippen molar-refractivity contribution >= 4 is 5.91 Å². The van der Waals surface area contributed by atoms with Gasteiger partial charge in [0.25, 0.3) is 0 Å². The molecule has 0 fully saturated rings. The molecule has 0 rings (SSSR count). The van der Waals surface area contributed by atoms with Gasteiger partial charge in [0.1, 0.15) is 0 Å². The van der Waals surface area contributed by atoms with E-state index in [1.165, 1.54) is 0 Å². The van der Waals surface area contributed by atoms with Gasteiger partial charge in [0.2, 0.25) is 5.91 Å². The summed E-state index contributed by atoms with van der Waals surface area (Å²) in [4.78, 5) is 15.2. The predicted molar refractivity (Wildman–Crippen MR) is 44.3 cm³/mol. The first-order chi connectivity index (χ1) is 5.81. The molecule has 0 aromatic carbocycles. The van der Waals surface area contributed by atoms with E-state index in [1.54, 1.807) is 7.11 Å². The summed E-state index contributed by atoms with van der Waals surface area (Å²) in [7, 11) is 1.57. The van der Waals surface area contributed by atoms with Crippen LogP contribution in [0.3, 0.4) is 0 Å². The molecule has 72 valence electrons. The van der Waals surface area contributed by atoms with Gasteiger partial charge in [-0.05, 0) is 6.42 Å². The van der Waals surface area contributed by atoms with Crippen molar-refractivity contribution in [2.75, 3.05) is 26.9 Å². The summed E-state index contributed by atoms with van der Waals surface area (Å²) in [5.74, 6) is 4.79. The monoisotopic (exact) mass is 176 g/mol. The first-order valence-electron chi connectivity index (χ1n) is 3.88. The Morgan fingerprint density at radius 1 is 1.50 bits per heavy atom.